The molecular formula is C18H20Cl2KN3O. The van der Waals surface area contributed by atoms with E-state index in [1.807, 2.05) is 18.3 Å². The molecule has 3 heterocycles. The van der Waals surface area contributed by atoms with Gasteiger partial charge >= 0.3 is 51.4 Å². The molecule has 2 aliphatic rings. The molecule has 2 bridgehead atoms. The Bertz CT molecular complexity index is 699. The summed E-state index contributed by atoms with van der Waals surface area (Å²) in [6, 6.07) is 9.22. The minimum absolute atomic E-state index is 0. The zero-order valence-electron chi connectivity index (χ0n) is 14.5. The van der Waals surface area contributed by atoms with E-state index in [-0.39, 0.29) is 51.4 Å². The van der Waals surface area contributed by atoms with Crippen molar-refractivity contribution < 1.29 is 56.1 Å². The number of halogens is 2. The fourth-order valence-electron chi connectivity index (χ4n) is 3.25. The predicted octanol–water partition coefficient (Wildman–Crippen LogP) is 2.33. The molecule has 0 saturated carbocycles. The van der Waals surface area contributed by atoms with Crippen molar-refractivity contribution in [3.05, 3.63) is 57.5 Å². The Morgan fingerprint density at radius 1 is 1.16 bits per heavy atom. The van der Waals surface area contributed by atoms with Crippen LogP contribution in [-0.4, -0.2) is 24.2 Å². The van der Waals surface area contributed by atoms with Crippen molar-refractivity contribution in [1.29, 1.82) is 0 Å². The molecule has 2 fully saturated rings. The zero-order valence-corrected chi connectivity index (χ0v) is 19.1. The summed E-state index contributed by atoms with van der Waals surface area (Å²) in [5.41, 5.74) is 7.68. The van der Waals surface area contributed by atoms with Crippen LogP contribution in [0.4, 0.5) is 11.5 Å². The van der Waals surface area contributed by atoms with Gasteiger partial charge < -0.3 is 15.8 Å². The SMILES string of the molecule is C[N-]c1ccc(Cl)c(Cl)c1.Nc1ccc(C2CC3CCC2O3)cn1.[K+]. The number of nitrogens with two attached hydrogens (primary N) is 1. The first-order valence-corrected chi connectivity index (χ1v) is 8.74. The number of anilines is 1. The number of nitrogen functional groups attached to an aromatic ring is 1. The van der Waals surface area contributed by atoms with Gasteiger partial charge in [-0.1, -0.05) is 41.4 Å². The monoisotopic (exact) mass is 403 g/mol. The quantitative estimate of drug-likeness (QED) is 0.782. The summed E-state index contributed by atoms with van der Waals surface area (Å²) in [5, 5.41) is 5.04. The van der Waals surface area contributed by atoms with Crippen molar-refractivity contribution in [2.24, 2.45) is 0 Å². The van der Waals surface area contributed by atoms with Gasteiger partial charge in [0.05, 0.1) is 22.3 Å². The molecule has 0 amide bonds. The van der Waals surface area contributed by atoms with Gasteiger partial charge in [-0.05, 0) is 37.0 Å². The van der Waals surface area contributed by atoms with Crippen LogP contribution >= 0.6 is 23.2 Å². The van der Waals surface area contributed by atoms with Gasteiger partial charge in [0.2, 0.25) is 0 Å². The van der Waals surface area contributed by atoms with E-state index in [0.717, 1.165) is 12.1 Å². The van der Waals surface area contributed by atoms with Gasteiger partial charge in [-0.25, -0.2) is 4.98 Å². The maximum atomic E-state index is 5.81. The van der Waals surface area contributed by atoms with Crippen LogP contribution in [0.2, 0.25) is 10.0 Å². The molecule has 4 nitrogen and oxygen atoms in total. The van der Waals surface area contributed by atoms with Crippen molar-refractivity contribution in [1.82, 2.24) is 4.98 Å². The molecule has 128 valence electrons. The van der Waals surface area contributed by atoms with Crippen LogP contribution in [0.5, 0.6) is 0 Å². The van der Waals surface area contributed by atoms with Crippen LogP contribution in [-0.2, 0) is 4.74 Å². The van der Waals surface area contributed by atoms with E-state index in [1.165, 1.54) is 18.4 Å². The van der Waals surface area contributed by atoms with E-state index in [1.54, 1.807) is 19.2 Å². The van der Waals surface area contributed by atoms with Crippen LogP contribution in [0.25, 0.3) is 5.32 Å². The number of benzene rings is 1. The number of hydrogen-bond acceptors (Lipinski definition) is 3. The summed E-state index contributed by atoms with van der Waals surface area (Å²) < 4.78 is 5.81. The van der Waals surface area contributed by atoms with Crippen LogP contribution < -0.4 is 57.1 Å². The average Bonchev–Trinajstić information content (AvgIpc) is 3.22. The zero-order chi connectivity index (χ0) is 17.1. The average molecular weight is 404 g/mol. The van der Waals surface area contributed by atoms with Crippen molar-refractivity contribution in [3.8, 4) is 0 Å². The molecule has 0 radical (unpaired) electrons. The molecule has 1 aromatic carbocycles. The summed E-state index contributed by atoms with van der Waals surface area (Å²) in [4.78, 5) is 4.13. The van der Waals surface area contributed by atoms with E-state index >= 15 is 0 Å². The summed E-state index contributed by atoms with van der Waals surface area (Å²) in [5.74, 6) is 1.15. The minimum atomic E-state index is 0. The summed E-state index contributed by atoms with van der Waals surface area (Å²) >= 11 is 11.4. The van der Waals surface area contributed by atoms with E-state index in [2.05, 4.69) is 16.4 Å². The number of aromatic nitrogens is 1. The largest absolute Gasteiger partial charge is 1.00 e. The smallest absolute Gasteiger partial charge is 0.687 e. The maximum Gasteiger partial charge on any atom is 1.00 e. The Balaban J connectivity index is 0.000000184. The van der Waals surface area contributed by atoms with Gasteiger partial charge in [0.1, 0.15) is 5.82 Å². The Hall–Kier alpha value is 0.146. The fourth-order valence-corrected chi connectivity index (χ4v) is 3.54. The predicted molar refractivity (Wildman–Crippen MR) is 99.3 cm³/mol. The summed E-state index contributed by atoms with van der Waals surface area (Å²) in [7, 11) is 1.71. The van der Waals surface area contributed by atoms with Gasteiger partial charge in [0.25, 0.3) is 0 Å². The van der Waals surface area contributed by atoms with Gasteiger partial charge in [0, 0.05) is 12.1 Å². The van der Waals surface area contributed by atoms with Crippen molar-refractivity contribution >= 4 is 34.7 Å². The fraction of sp³-hybridized carbons (Fsp3) is 0.389. The molecule has 0 spiro atoms. The number of ether oxygens (including phenoxy) is 1. The molecule has 1 aromatic heterocycles. The molecule has 25 heavy (non-hydrogen) atoms. The van der Waals surface area contributed by atoms with Crippen molar-refractivity contribution in [2.45, 2.75) is 37.4 Å². The van der Waals surface area contributed by atoms with Gasteiger partial charge in [0.15, 0.2) is 0 Å². The molecule has 2 aromatic rings. The molecule has 3 unspecified atom stereocenters. The number of hydrogen-bond donors (Lipinski definition) is 1. The number of rotatable bonds is 2. The number of nitrogens with zero attached hydrogens (tertiary/aromatic N) is 2. The molecule has 7 heteroatoms. The first-order valence-electron chi connectivity index (χ1n) is 7.98. The molecule has 0 aliphatic carbocycles. The van der Waals surface area contributed by atoms with E-state index in [9.17, 15) is 0 Å². The topological polar surface area (TPSA) is 62.2 Å². The first kappa shape index (κ1) is 21.4. The number of fused-ring (bicyclic) bond motifs is 2. The van der Waals surface area contributed by atoms with Crippen molar-refractivity contribution in [2.75, 3.05) is 12.8 Å². The Morgan fingerprint density at radius 2 is 1.96 bits per heavy atom. The summed E-state index contributed by atoms with van der Waals surface area (Å²) in [6.45, 7) is 0. The third kappa shape index (κ3) is 5.56. The second-order valence-corrected chi connectivity index (χ2v) is 6.87. The standard InChI is InChI=1S/C11H14N2O.C7H6Cl2N.K/c12-11-4-1-7(6-13-11)9-5-8-2-3-10(9)14-8;1-10-5-2-3-6(8)7(9)4-5;/h1,4,6,8-10H,2-3,5H2,(H2,12,13);2-4H,1H3;/q;-1;+1. The third-order valence-corrected chi connectivity index (χ3v) is 5.24. The van der Waals surface area contributed by atoms with Crippen LogP contribution in [0.1, 0.15) is 30.7 Å². The minimum Gasteiger partial charge on any atom is -0.687 e. The van der Waals surface area contributed by atoms with Gasteiger partial charge in [-0.15, -0.1) is 12.7 Å². The third-order valence-electron chi connectivity index (χ3n) is 4.50. The van der Waals surface area contributed by atoms with E-state index in [4.69, 9.17) is 33.7 Å². The molecule has 2 N–H and O–H groups in total. The normalized spacial score (nSPS) is 23.4. The second kappa shape index (κ2) is 9.90. The Kier molecular flexibility index (Phi) is 8.49. The van der Waals surface area contributed by atoms with Crippen LogP contribution in [0, 0.1) is 0 Å². The summed E-state index contributed by atoms with van der Waals surface area (Å²) in [6.07, 6.45) is 6.44. The second-order valence-electron chi connectivity index (χ2n) is 6.05. The van der Waals surface area contributed by atoms with Gasteiger partial charge in [-0.3, -0.25) is 0 Å². The molecule has 2 aliphatic heterocycles. The Labute approximate surface area is 201 Å². The molecule has 2 saturated heterocycles. The molecule has 4 rings (SSSR count). The molecule has 3 atom stereocenters. The van der Waals surface area contributed by atoms with Crippen molar-refractivity contribution in [3.63, 3.8) is 0 Å². The van der Waals surface area contributed by atoms with Crippen LogP contribution in [0.15, 0.2) is 36.5 Å². The van der Waals surface area contributed by atoms with Gasteiger partial charge in [-0.2, -0.15) is 0 Å². The van der Waals surface area contributed by atoms with Crippen LogP contribution in [0.3, 0.4) is 0 Å². The van der Waals surface area contributed by atoms with E-state index < -0.39 is 0 Å². The maximum absolute atomic E-state index is 5.81. The molecular weight excluding hydrogens is 384 g/mol. The Morgan fingerprint density at radius 3 is 2.48 bits per heavy atom. The first-order chi connectivity index (χ1) is 11.6. The van der Waals surface area contributed by atoms with E-state index in [0.29, 0.717) is 34.0 Å². The number of pyridine rings is 1.